The van der Waals surface area contributed by atoms with Gasteiger partial charge in [0.25, 0.3) is 0 Å². The van der Waals surface area contributed by atoms with Gasteiger partial charge in [0.15, 0.2) is 0 Å². The van der Waals surface area contributed by atoms with Crippen molar-refractivity contribution >= 4 is 0 Å². The molecule has 2 N–H and O–H groups in total. The number of hydrogen-bond acceptors (Lipinski definition) is 5. The second kappa shape index (κ2) is 10.5. The molecule has 120 valence electrons. The number of nitrogens with zero attached hydrogens (tertiary/aromatic N) is 1. The highest BCUT2D eigenvalue weighted by Gasteiger charge is 2.18. The summed E-state index contributed by atoms with van der Waals surface area (Å²) in [7, 11) is 1.66. The molecule has 5 nitrogen and oxygen atoms in total. The molecule has 3 unspecified atom stereocenters. The summed E-state index contributed by atoms with van der Waals surface area (Å²) in [5.74, 6) is 0. The van der Waals surface area contributed by atoms with Crippen molar-refractivity contribution in [3.63, 3.8) is 0 Å². The largest absolute Gasteiger partial charge is 0.389 e. The van der Waals surface area contributed by atoms with Gasteiger partial charge in [-0.1, -0.05) is 13.3 Å². The molecule has 1 saturated heterocycles. The average Bonchev–Trinajstić information content (AvgIpc) is 2.46. The number of likely N-dealkylation sites (N-methyl/N-ethyl adjacent to an activating group) is 1. The first kappa shape index (κ1) is 17.9. The van der Waals surface area contributed by atoms with E-state index >= 15 is 0 Å². The maximum Gasteiger partial charge on any atom is 0.0900 e. The van der Waals surface area contributed by atoms with Crippen LogP contribution in [0.3, 0.4) is 0 Å². The second-order valence-corrected chi connectivity index (χ2v) is 5.75. The van der Waals surface area contributed by atoms with E-state index in [1.165, 1.54) is 19.3 Å². The lowest BCUT2D eigenvalue weighted by Crippen LogP contribution is -2.46. The Balaban J connectivity index is 2.20. The molecule has 0 aliphatic carbocycles. The van der Waals surface area contributed by atoms with Gasteiger partial charge in [-0.05, 0) is 32.9 Å². The van der Waals surface area contributed by atoms with E-state index in [9.17, 15) is 5.11 Å². The monoisotopic (exact) mass is 288 g/mol. The number of piperidine rings is 1. The van der Waals surface area contributed by atoms with E-state index in [1.54, 1.807) is 7.11 Å². The summed E-state index contributed by atoms with van der Waals surface area (Å²) in [5.41, 5.74) is 0. The van der Waals surface area contributed by atoms with Crippen molar-refractivity contribution < 1.29 is 14.6 Å². The summed E-state index contributed by atoms with van der Waals surface area (Å²) in [5, 5.41) is 13.6. The molecule has 0 aromatic heterocycles. The molecule has 0 spiro atoms. The number of aliphatic hydroxyl groups is 1. The average molecular weight is 288 g/mol. The van der Waals surface area contributed by atoms with E-state index in [0.29, 0.717) is 25.8 Å². The smallest absolute Gasteiger partial charge is 0.0900 e. The lowest BCUT2D eigenvalue weighted by Gasteiger charge is -2.31. The van der Waals surface area contributed by atoms with E-state index < -0.39 is 6.10 Å². The van der Waals surface area contributed by atoms with Gasteiger partial charge in [-0.2, -0.15) is 0 Å². The van der Waals surface area contributed by atoms with Crippen molar-refractivity contribution in [3.05, 3.63) is 0 Å². The van der Waals surface area contributed by atoms with E-state index in [-0.39, 0.29) is 6.10 Å². The van der Waals surface area contributed by atoms with Crippen LogP contribution >= 0.6 is 0 Å². The lowest BCUT2D eigenvalue weighted by atomic mass is 10.0. The van der Waals surface area contributed by atoms with Crippen LogP contribution in [-0.2, 0) is 9.47 Å². The van der Waals surface area contributed by atoms with Crippen molar-refractivity contribution in [3.8, 4) is 0 Å². The first-order chi connectivity index (χ1) is 9.65. The van der Waals surface area contributed by atoms with Crippen molar-refractivity contribution in [2.24, 2.45) is 0 Å². The van der Waals surface area contributed by atoms with Gasteiger partial charge in [-0.3, -0.25) is 4.90 Å². The molecular weight excluding hydrogens is 256 g/mol. The number of rotatable bonds is 10. The fraction of sp³-hybridized carbons (Fsp3) is 1.00. The molecule has 1 rings (SSSR count). The highest BCUT2D eigenvalue weighted by atomic mass is 16.5. The predicted octanol–water partition coefficient (Wildman–Crippen LogP) is 0.863. The third-order valence-corrected chi connectivity index (χ3v) is 3.78. The van der Waals surface area contributed by atoms with Crippen LogP contribution in [0.15, 0.2) is 0 Å². The van der Waals surface area contributed by atoms with Gasteiger partial charge in [-0.25, -0.2) is 0 Å². The maximum absolute atomic E-state index is 10.1. The second-order valence-electron chi connectivity index (χ2n) is 5.75. The topological polar surface area (TPSA) is 54.0 Å². The Morgan fingerprint density at radius 2 is 2.15 bits per heavy atom. The number of hydrogen-bond donors (Lipinski definition) is 2. The molecule has 0 aromatic rings. The van der Waals surface area contributed by atoms with Crippen LogP contribution in [0.25, 0.3) is 0 Å². The minimum absolute atomic E-state index is 0.0322. The van der Waals surface area contributed by atoms with Crippen LogP contribution in [0.2, 0.25) is 0 Å². The summed E-state index contributed by atoms with van der Waals surface area (Å²) < 4.78 is 10.6. The minimum atomic E-state index is -0.433. The quantitative estimate of drug-likeness (QED) is 0.624. The van der Waals surface area contributed by atoms with Gasteiger partial charge < -0.3 is 19.9 Å². The van der Waals surface area contributed by atoms with Gasteiger partial charge in [0.2, 0.25) is 0 Å². The van der Waals surface area contributed by atoms with Crippen LogP contribution < -0.4 is 5.32 Å². The fourth-order valence-corrected chi connectivity index (χ4v) is 2.63. The molecule has 0 radical (unpaired) electrons. The van der Waals surface area contributed by atoms with Crippen molar-refractivity contribution in [1.82, 2.24) is 10.2 Å². The molecule has 20 heavy (non-hydrogen) atoms. The normalized spacial score (nSPS) is 22.9. The highest BCUT2D eigenvalue weighted by Crippen LogP contribution is 2.09. The Labute approximate surface area is 123 Å². The third-order valence-electron chi connectivity index (χ3n) is 3.78. The molecule has 1 fully saturated rings. The molecule has 1 heterocycles. The zero-order valence-corrected chi connectivity index (χ0v) is 13.3. The maximum atomic E-state index is 10.1. The van der Waals surface area contributed by atoms with Gasteiger partial charge >= 0.3 is 0 Å². The standard InChI is InChI=1S/C15H32N2O3/c1-4-17(9-14-7-5-6-8-16-14)10-15(18)12-20-13(2)11-19-3/h13-16,18H,4-12H2,1-3H3. The van der Waals surface area contributed by atoms with E-state index in [1.807, 2.05) is 6.92 Å². The van der Waals surface area contributed by atoms with Crippen LogP contribution in [0.1, 0.15) is 33.1 Å². The van der Waals surface area contributed by atoms with Crippen LogP contribution in [0, 0.1) is 0 Å². The minimum Gasteiger partial charge on any atom is -0.389 e. The van der Waals surface area contributed by atoms with Gasteiger partial charge in [-0.15, -0.1) is 0 Å². The highest BCUT2D eigenvalue weighted by molar-refractivity contribution is 4.77. The van der Waals surface area contributed by atoms with Crippen LogP contribution in [0.4, 0.5) is 0 Å². The fourth-order valence-electron chi connectivity index (χ4n) is 2.63. The van der Waals surface area contributed by atoms with E-state index in [2.05, 4.69) is 17.1 Å². The molecule has 1 aliphatic heterocycles. The van der Waals surface area contributed by atoms with Crippen LogP contribution in [0.5, 0.6) is 0 Å². The van der Waals surface area contributed by atoms with Gasteiger partial charge in [0.1, 0.15) is 0 Å². The summed E-state index contributed by atoms with van der Waals surface area (Å²) >= 11 is 0. The number of aliphatic hydroxyl groups excluding tert-OH is 1. The molecule has 0 aromatic carbocycles. The zero-order valence-electron chi connectivity index (χ0n) is 13.3. The first-order valence-corrected chi connectivity index (χ1v) is 7.90. The Bertz CT molecular complexity index is 235. The van der Waals surface area contributed by atoms with E-state index in [0.717, 1.165) is 19.6 Å². The van der Waals surface area contributed by atoms with Crippen molar-refractivity contribution in [1.29, 1.82) is 0 Å². The number of ether oxygens (including phenoxy) is 2. The molecule has 1 aliphatic rings. The third kappa shape index (κ3) is 7.55. The molecule has 3 atom stereocenters. The first-order valence-electron chi connectivity index (χ1n) is 7.90. The van der Waals surface area contributed by atoms with Crippen LogP contribution in [-0.4, -0.2) is 74.8 Å². The summed E-state index contributed by atoms with van der Waals surface area (Å²) in [4.78, 5) is 2.30. The molecule has 0 saturated carbocycles. The summed E-state index contributed by atoms with van der Waals surface area (Å²) in [6, 6.07) is 0.573. The number of nitrogens with one attached hydrogen (secondary N) is 1. The van der Waals surface area contributed by atoms with Crippen molar-refractivity contribution in [2.45, 2.75) is 51.4 Å². The molecule has 5 heteroatoms. The zero-order chi connectivity index (χ0) is 14.8. The SMILES string of the molecule is CCN(CC(O)COC(C)COC)CC1CCCCN1. The molecular formula is C15H32N2O3. The van der Waals surface area contributed by atoms with Gasteiger partial charge in [0, 0.05) is 26.2 Å². The summed E-state index contributed by atoms with van der Waals surface area (Å²) in [6.45, 7) is 8.82. The van der Waals surface area contributed by atoms with E-state index in [4.69, 9.17) is 9.47 Å². The molecule has 0 amide bonds. The summed E-state index contributed by atoms with van der Waals surface area (Å²) in [6.07, 6.45) is 3.45. The number of methoxy groups -OCH3 is 1. The Morgan fingerprint density at radius 3 is 2.75 bits per heavy atom. The Kier molecular flexibility index (Phi) is 9.39. The lowest BCUT2D eigenvalue weighted by molar-refractivity contribution is -0.0400. The van der Waals surface area contributed by atoms with Crippen molar-refractivity contribution in [2.75, 3.05) is 46.5 Å². The molecule has 0 bridgehead atoms. The predicted molar refractivity (Wildman–Crippen MR) is 81.1 cm³/mol. The van der Waals surface area contributed by atoms with Gasteiger partial charge in [0.05, 0.1) is 25.4 Å². The Hall–Kier alpha value is -0.200. The Morgan fingerprint density at radius 1 is 1.35 bits per heavy atom.